The summed E-state index contributed by atoms with van der Waals surface area (Å²) in [7, 11) is 0. The highest BCUT2D eigenvalue weighted by Gasteiger charge is 2.19. The van der Waals surface area contributed by atoms with E-state index in [1.165, 1.54) is 0 Å². The van der Waals surface area contributed by atoms with Crippen LogP contribution in [0, 0.1) is 0 Å². The van der Waals surface area contributed by atoms with Crippen molar-refractivity contribution in [1.82, 2.24) is 15.0 Å². The lowest BCUT2D eigenvalue weighted by Gasteiger charge is -2.27. The standard InChI is InChI=1S/C45H30N4O/c1-5-15-31(16-6-1)43-46-44(32-17-7-2-8-18-32)48-45(47-43)34-26-28-39-38-27-25-33(29-41(38)50-42(39)30-34)37-23-13-14-24-40(37)49(35-19-9-3-10-20-35)36-21-11-4-12-22-36/h1-30H. The van der Waals surface area contributed by atoms with Crippen LogP contribution in [-0.4, -0.2) is 15.0 Å². The second kappa shape index (κ2) is 12.6. The van der Waals surface area contributed by atoms with Crippen molar-refractivity contribution in [3.05, 3.63) is 182 Å². The van der Waals surface area contributed by atoms with Crippen molar-refractivity contribution >= 4 is 39.0 Å². The Morgan fingerprint density at radius 1 is 0.360 bits per heavy atom. The van der Waals surface area contributed by atoms with Crippen LogP contribution >= 0.6 is 0 Å². The summed E-state index contributed by atoms with van der Waals surface area (Å²) in [6, 6.07) is 62.2. The van der Waals surface area contributed by atoms with E-state index in [0.29, 0.717) is 17.5 Å². The number of furan rings is 1. The maximum Gasteiger partial charge on any atom is 0.164 e. The monoisotopic (exact) mass is 642 g/mol. The maximum absolute atomic E-state index is 6.59. The highest BCUT2D eigenvalue weighted by Crippen LogP contribution is 2.42. The van der Waals surface area contributed by atoms with Crippen molar-refractivity contribution in [2.75, 3.05) is 4.90 Å². The molecule has 0 fully saturated rings. The molecule has 5 heteroatoms. The Morgan fingerprint density at radius 3 is 1.32 bits per heavy atom. The number of aromatic nitrogens is 3. The fourth-order valence-corrected chi connectivity index (χ4v) is 6.52. The van der Waals surface area contributed by atoms with Gasteiger partial charge < -0.3 is 9.32 Å². The van der Waals surface area contributed by atoms with Gasteiger partial charge in [-0.05, 0) is 60.2 Å². The quantitative estimate of drug-likeness (QED) is 0.173. The zero-order chi connectivity index (χ0) is 33.3. The van der Waals surface area contributed by atoms with Gasteiger partial charge in [-0.15, -0.1) is 0 Å². The summed E-state index contributed by atoms with van der Waals surface area (Å²) in [6.45, 7) is 0. The molecule has 236 valence electrons. The van der Waals surface area contributed by atoms with Gasteiger partial charge in [-0.25, -0.2) is 15.0 Å². The van der Waals surface area contributed by atoms with Gasteiger partial charge in [-0.3, -0.25) is 0 Å². The molecular weight excluding hydrogens is 613 g/mol. The number of anilines is 3. The first kappa shape index (κ1) is 29.3. The smallest absolute Gasteiger partial charge is 0.164 e. The van der Waals surface area contributed by atoms with E-state index >= 15 is 0 Å². The third-order valence-corrected chi connectivity index (χ3v) is 8.92. The summed E-state index contributed by atoms with van der Waals surface area (Å²) >= 11 is 0. The lowest BCUT2D eigenvalue weighted by Crippen LogP contribution is -2.10. The van der Waals surface area contributed by atoms with Gasteiger partial charge in [0.15, 0.2) is 17.5 Å². The molecule has 0 saturated carbocycles. The molecule has 0 aliphatic heterocycles. The molecule has 50 heavy (non-hydrogen) atoms. The van der Waals surface area contributed by atoms with Gasteiger partial charge in [0.2, 0.25) is 0 Å². The number of fused-ring (bicyclic) bond motifs is 3. The highest BCUT2D eigenvalue weighted by atomic mass is 16.3. The van der Waals surface area contributed by atoms with Crippen LogP contribution in [0.5, 0.6) is 0 Å². The second-order valence-electron chi connectivity index (χ2n) is 12.1. The van der Waals surface area contributed by atoms with E-state index in [1.54, 1.807) is 0 Å². The minimum absolute atomic E-state index is 0.594. The Labute approximate surface area is 289 Å². The Hall–Kier alpha value is -6.85. The molecular formula is C45H30N4O. The van der Waals surface area contributed by atoms with Gasteiger partial charge in [0.05, 0.1) is 5.69 Å². The zero-order valence-corrected chi connectivity index (χ0v) is 27.0. The summed E-state index contributed by atoms with van der Waals surface area (Å²) in [5.74, 6) is 1.85. The minimum Gasteiger partial charge on any atom is -0.456 e. The highest BCUT2D eigenvalue weighted by molar-refractivity contribution is 6.07. The number of hydrogen-bond acceptors (Lipinski definition) is 5. The molecule has 0 aliphatic carbocycles. The topological polar surface area (TPSA) is 55.1 Å². The normalized spacial score (nSPS) is 11.2. The predicted octanol–water partition coefficient (Wildman–Crippen LogP) is 11.9. The Balaban J connectivity index is 1.14. The molecule has 5 nitrogen and oxygen atoms in total. The molecule has 0 radical (unpaired) electrons. The van der Waals surface area contributed by atoms with E-state index in [1.807, 2.05) is 78.9 Å². The Kier molecular flexibility index (Phi) is 7.41. The molecule has 2 heterocycles. The average Bonchev–Trinajstić information content (AvgIpc) is 3.57. The Morgan fingerprint density at radius 2 is 0.780 bits per heavy atom. The molecule has 0 saturated heterocycles. The molecule has 9 aromatic rings. The van der Waals surface area contributed by atoms with Crippen molar-refractivity contribution in [3.63, 3.8) is 0 Å². The molecule has 0 atom stereocenters. The van der Waals surface area contributed by atoms with Crippen LogP contribution in [0.2, 0.25) is 0 Å². The average molecular weight is 643 g/mol. The summed E-state index contributed by atoms with van der Waals surface area (Å²) < 4.78 is 6.59. The predicted molar refractivity (Wildman–Crippen MR) is 204 cm³/mol. The summed E-state index contributed by atoms with van der Waals surface area (Å²) in [5, 5.41) is 2.10. The van der Waals surface area contributed by atoms with Gasteiger partial charge in [0, 0.05) is 44.4 Å². The molecule has 0 amide bonds. The minimum atomic E-state index is 0.594. The number of nitrogens with zero attached hydrogens (tertiary/aromatic N) is 4. The van der Waals surface area contributed by atoms with Crippen LogP contribution in [-0.2, 0) is 0 Å². The van der Waals surface area contributed by atoms with Crippen LogP contribution in [0.15, 0.2) is 186 Å². The molecule has 0 spiro atoms. The van der Waals surface area contributed by atoms with Crippen molar-refractivity contribution in [1.29, 1.82) is 0 Å². The van der Waals surface area contributed by atoms with Gasteiger partial charge in [0.25, 0.3) is 0 Å². The van der Waals surface area contributed by atoms with E-state index in [2.05, 4.69) is 108 Å². The molecule has 0 bridgehead atoms. The van der Waals surface area contributed by atoms with Crippen LogP contribution in [0.25, 0.3) is 67.2 Å². The van der Waals surface area contributed by atoms with Crippen molar-refractivity contribution < 1.29 is 4.42 Å². The fourth-order valence-electron chi connectivity index (χ4n) is 6.52. The number of hydrogen-bond donors (Lipinski definition) is 0. The molecule has 0 unspecified atom stereocenters. The summed E-state index contributed by atoms with van der Waals surface area (Å²) in [5.41, 5.74) is 9.77. The van der Waals surface area contributed by atoms with Crippen LogP contribution < -0.4 is 4.90 Å². The molecule has 0 aliphatic rings. The molecule has 2 aromatic heterocycles. The van der Waals surface area contributed by atoms with Crippen molar-refractivity contribution in [3.8, 4) is 45.3 Å². The first-order valence-corrected chi connectivity index (χ1v) is 16.6. The van der Waals surface area contributed by atoms with Crippen molar-refractivity contribution in [2.24, 2.45) is 0 Å². The fraction of sp³-hybridized carbons (Fsp3) is 0. The maximum atomic E-state index is 6.59. The largest absolute Gasteiger partial charge is 0.456 e. The first-order chi connectivity index (χ1) is 24.8. The van der Waals surface area contributed by atoms with Crippen LogP contribution in [0.1, 0.15) is 0 Å². The van der Waals surface area contributed by atoms with E-state index in [4.69, 9.17) is 19.4 Å². The van der Waals surface area contributed by atoms with Gasteiger partial charge in [-0.1, -0.05) is 127 Å². The lowest BCUT2D eigenvalue weighted by molar-refractivity contribution is 0.669. The molecule has 9 rings (SSSR count). The SMILES string of the molecule is c1ccc(-c2nc(-c3ccccc3)nc(-c3ccc4c(c3)oc3cc(-c5ccccc5N(c5ccccc5)c5ccccc5)ccc34)n2)cc1. The van der Waals surface area contributed by atoms with Gasteiger partial charge in [-0.2, -0.15) is 0 Å². The van der Waals surface area contributed by atoms with Crippen LogP contribution in [0.4, 0.5) is 17.1 Å². The first-order valence-electron chi connectivity index (χ1n) is 16.6. The van der Waals surface area contributed by atoms with Crippen LogP contribution in [0.3, 0.4) is 0 Å². The molecule has 0 N–H and O–H groups in total. The van der Waals surface area contributed by atoms with Crippen molar-refractivity contribution in [2.45, 2.75) is 0 Å². The van der Waals surface area contributed by atoms with E-state index in [-0.39, 0.29) is 0 Å². The third-order valence-electron chi connectivity index (χ3n) is 8.92. The number of benzene rings is 7. The van der Waals surface area contributed by atoms with E-state index < -0.39 is 0 Å². The Bertz CT molecular complexity index is 2490. The lowest BCUT2D eigenvalue weighted by atomic mass is 10.00. The van der Waals surface area contributed by atoms with E-state index in [0.717, 1.165) is 66.8 Å². The third kappa shape index (κ3) is 5.47. The second-order valence-corrected chi connectivity index (χ2v) is 12.1. The molecule has 7 aromatic carbocycles. The summed E-state index contributed by atoms with van der Waals surface area (Å²) in [4.78, 5) is 17.0. The van der Waals surface area contributed by atoms with Gasteiger partial charge >= 0.3 is 0 Å². The van der Waals surface area contributed by atoms with Gasteiger partial charge in [0.1, 0.15) is 11.2 Å². The van der Waals surface area contributed by atoms with E-state index in [9.17, 15) is 0 Å². The zero-order valence-electron chi connectivity index (χ0n) is 27.0. The number of rotatable bonds is 7. The summed E-state index contributed by atoms with van der Waals surface area (Å²) in [6.07, 6.45) is 0. The number of para-hydroxylation sites is 3.